The number of nitrogens with zero attached hydrogens (tertiary/aromatic N) is 1. The van der Waals surface area contributed by atoms with Crippen LogP contribution in [-0.4, -0.2) is 10.2 Å². The van der Waals surface area contributed by atoms with Crippen molar-refractivity contribution >= 4 is 11.6 Å². The molecule has 0 fully saturated rings. The van der Waals surface area contributed by atoms with Crippen molar-refractivity contribution in [3.05, 3.63) is 41.0 Å². The Morgan fingerprint density at radius 3 is 2.79 bits per heavy atom. The van der Waals surface area contributed by atoms with Crippen LogP contribution in [0.5, 0.6) is 0 Å². The maximum absolute atomic E-state index is 6.06. The Balaban J connectivity index is 2.44. The Morgan fingerprint density at radius 2 is 2.14 bits per heavy atom. The average molecular weight is 207 g/mol. The molecular weight excluding hydrogens is 196 g/mol. The number of aromatic amines is 1. The first-order chi connectivity index (χ1) is 6.81. The van der Waals surface area contributed by atoms with E-state index in [1.165, 1.54) is 0 Å². The Bertz CT molecular complexity index is 434. The van der Waals surface area contributed by atoms with Crippen LogP contribution in [0, 0.1) is 0 Å². The minimum Gasteiger partial charge on any atom is -0.282 e. The molecule has 0 saturated carbocycles. The van der Waals surface area contributed by atoms with Crippen LogP contribution >= 0.6 is 11.6 Å². The molecule has 1 heterocycles. The summed E-state index contributed by atoms with van der Waals surface area (Å²) in [5.74, 6) is 0. The molecule has 0 atom stereocenters. The van der Waals surface area contributed by atoms with Gasteiger partial charge in [0.25, 0.3) is 0 Å². The van der Waals surface area contributed by atoms with Crippen molar-refractivity contribution in [1.29, 1.82) is 0 Å². The van der Waals surface area contributed by atoms with Gasteiger partial charge in [0.05, 0.1) is 10.7 Å². The molecule has 0 unspecified atom stereocenters. The number of halogens is 1. The highest BCUT2D eigenvalue weighted by atomic mass is 35.5. The van der Waals surface area contributed by atoms with Crippen LogP contribution in [0.15, 0.2) is 30.3 Å². The van der Waals surface area contributed by atoms with E-state index in [4.69, 9.17) is 11.6 Å². The van der Waals surface area contributed by atoms with E-state index in [-0.39, 0.29) is 0 Å². The normalized spacial score (nSPS) is 10.4. The first kappa shape index (κ1) is 9.28. The molecule has 0 aliphatic heterocycles. The molecule has 0 radical (unpaired) electrons. The highest BCUT2D eigenvalue weighted by Gasteiger charge is 2.05. The van der Waals surface area contributed by atoms with E-state index in [0.29, 0.717) is 0 Å². The van der Waals surface area contributed by atoms with Gasteiger partial charge in [-0.05, 0) is 18.6 Å². The van der Waals surface area contributed by atoms with Crippen LogP contribution in [0.3, 0.4) is 0 Å². The number of hydrogen-bond acceptors (Lipinski definition) is 1. The number of benzene rings is 1. The lowest BCUT2D eigenvalue weighted by Gasteiger charge is -1.97. The van der Waals surface area contributed by atoms with E-state index in [2.05, 4.69) is 17.1 Å². The molecule has 72 valence electrons. The molecule has 0 aliphatic carbocycles. The fourth-order valence-electron chi connectivity index (χ4n) is 1.35. The molecule has 0 aliphatic rings. The number of aromatic nitrogens is 2. The molecule has 0 amide bonds. The van der Waals surface area contributed by atoms with Gasteiger partial charge in [0.2, 0.25) is 0 Å². The molecule has 0 bridgehead atoms. The molecule has 2 nitrogen and oxygen atoms in total. The van der Waals surface area contributed by atoms with Gasteiger partial charge in [0.1, 0.15) is 0 Å². The second-order valence-corrected chi connectivity index (χ2v) is 3.52. The molecule has 0 spiro atoms. The van der Waals surface area contributed by atoms with Crippen LogP contribution in [-0.2, 0) is 6.42 Å². The summed E-state index contributed by atoms with van der Waals surface area (Å²) in [7, 11) is 0. The zero-order chi connectivity index (χ0) is 9.97. The monoisotopic (exact) mass is 206 g/mol. The predicted octanol–water partition coefficient (Wildman–Crippen LogP) is 3.29. The van der Waals surface area contributed by atoms with Crippen molar-refractivity contribution < 1.29 is 0 Å². The van der Waals surface area contributed by atoms with E-state index in [1.807, 2.05) is 30.3 Å². The van der Waals surface area contributed by atoms with E-state index in [9.17, 15) is 0 Å². The van der Waals surface area contributed by atoms with Gasteiger partial charge < -0.3 is 0 Å². The predicted molar refractivity (Wildman–Crippen MR) is 58.4 cm³/mol. The summed E-state index contributed by atoms with van der Waals surface area (Å²) in [6, 6.07) is 9.75. The molecule has 3 heteroatoms. The lowest BCUT2D eigenvalue weighted by Crippen LogP contribution is -1.78. The Labute approximate surface area is 87.9 Å². The molecule has 1 aromatic carbocycles. The van der Waals surface area contributed by atoms with Crippen molar-refractivity contribution in [3.8, 4) is 11.3 Å². The molecule has 1 N–H and O–H groups in total. The van der Waals surface area contributed by atoms with Crippen LogP contribution in [0.1, 0.15) is 12.6 Å². The molecule has 2 aromatic rings. The van der Waals surface area contributed by atoms with Crippen LogP contribution in [0.2, 0.25) is 5.02 Å². The zero-order valence-electron chi connectivity index (χ0n) is 7.92. The third-order valence-corrected chi connectivity index (χ3v) is 2.49. The number of rotatable bonds is 2. The minimum absolute atomic E-state index is 0.738. The van der Waals surface area contributed by atoms with Gasteiger partial charge in [-0.2, -0.15) is 5.10 Å². The van der Waals surface area contributed by atoms with Gasteiger partial charge in [0.15, 0.2) is 0 Å². The largest absolute Gasteiger partial charge is 0.282 e. The molecule has 1 aromatic heterocycles. The summed E-state index contributed by atoms with van der Waals surface area (Å²) >= 11 is 6.06. The summed E-state index contributed by atoms with van der Waals surface area (Å²) in [4.78, 5) is 0. The van der Waals surface area contributed by atoms with Crippen molar-refractivity contribution in [1.82, 2.24) is 10.2 Å². The fourth-order valence-corrected chi connectivity index (χ4v) is 1.58. The number of nitrogens with one attached hydrogen (secondary N) is 1. The SMILES string of the molecule is CCc1cc(-c2ccccc2Cl)n[nH]1. The van der Waals surface area contributed by atoms with Gasteiger partial charge in [-0.1, -0.05) is 36.7 Å². The van der Waals surface area contributed by atoms with Gasteiger partial charge in [-0.15, -0.1) is 0 Å². The third-order valence-electron chi connectivity index (χ3n) is 2.16. The lowest BCUT2D eigenvalue weighted by atomic mass is 10.1. The van der Waals surface area contributed by atoms with Crippen molar-refractivity contribution in [3.63, 3.8) is 0 Å². The van der Waals surface area contributed by atoms with Gasteiger partial charge >= 0.3 is 0 Å². The topological polar surface area (TPSA) is 28.7 Å². The average Bonchev–Trinajstić information content (AvgIpc) is 2.67. The lowest BCUT2D eigenvalue weighted by molar-refractivity contribution is 0.976. The third kappa shape index (κ3) is 1.66. The Kier molecular flexibility index (Phi) is 2.55. The van der Waals surface area contributed by atoms with Gasteiger partial charge in [-0.25, -0.2) is 0 Å². The molecule has 0 saturated heterocycles. The fraction of sp³-hybridized carbons (Fsp3) is 0.182. The summed E-state index contributed by atoms with van der Waals surface area (Å²) in [5.41, 5.74) is 3.01. The highest BCUT2D eigenvalue weighted by molar-refractivity contribution is 6.33. The van der Waals surface area contributed by atoms with Crippen molar-refractivity contribution in [2.45, 2.75) is 13.3 Å². The molecule has 2 rings (SSSR count). The van der Waals surface area contributed by atoms with Crippen LogP contribution < -0.4 is 0 Å². The minimum atomic E-state index is 0.738. The highest BCUT2D eigenvalue weighted by Crippen LogP contribution is 2.26. The first-order valence-electron chi connectivity index (χ1n) is 4.60. The molecule has 14 heavy (non-hydrogen) atoms. The Hall–Kier alpha value is -1.28. The standard InChI is InChI=1S/C11H11ClN2/c1-2-8-7-11(14-13-8)9-5-3-4-6-10(9)12/h3-7H,2H2,1H3,(H,13,14). The van der Waals surface area contributed by atoms with Gasteiger partial charge in [0, 0.05) is 11.3 Å². The summed E-state index contributed by atoms with van der Waals surface area (Å²) < 4.78 is 0. The Morgan fingerprint density at radius 1 is 1.36 bits per heavy atom. The number of aryl methyl sites for hydroxylation is 1. The maximum Gasteiger partial charge on any atom is 0.0938 e. The first-order valence-corrected chi connectivity index (χ1v) is 4.98. The van der Waals surface area contributed by atoms with Crippen molar-refractivity contribution in [2.75, 3.05) is 0 Å². The summed E-state index contributed by atoms with van der Waals surface area (Å²) in [6.07, 6.45) is 0.956. The van der Waals surface area contributed by atoms with E-state index >= 15 is 0 Å². The second-order valence-electron chi connectivity index (χ2n) is 3.11. The quantitative estimate of drug-likeness (QED) is 0.803. The summed E-state index contributed by atoms with van der Waals surface area (Å²) in [6.45, 7) is 2.09. The van der Waals surface area contributed by atoms with Crippen molar-refractivity contribution in [2.24, 2.45) is 0 Å². The molecular formula is C11H11ClN2. The van der Waals surface area contributed by atoms with E-state index in [0.717, 1.165) is 28.4 Å². The number of hydrogen-bond donors (Lipinski definition) is 1. The smallest absolute Gasteiger partial charge is 0.0938 e. The van der Waals surface area contributed by atoms with E-state index in [1.54, 1.807) is 0 Å². The zero-order valence-corrected chi connectivity index (χ0v) is 8.67. The maximum atomic E-state index is 6.06. The number of H-pyrrole nitrogens is 1. The summed E-state index contributed by atoms with van der Waals surface area (Å²) in [5, 5.41) is 7.92. The van der Waals surface area contributed by atoms with E-state index < -0.39 is 0 Å². The second kappa shape index (κ2) is 3.84. The van der Waals surface area contributed by atoms with Crippen LogP contribution in [0.4, 0.5) is 0 Å². The van der Waals surface area contributed by atoms with Crippen LogP contribution in [0.25, 0.3) is 11.3 Å². The van der Waals surface area contributed by atoms with Gasteiger partial charge in [-0.3, -0.25) is 5.10 Å².